The van der Waals surface area contributed by atoms with Gasteiger partial charge in [0.1, 0.15) is 0 Å². The van der Waals surface area contributed by atoms with Gasteiger partial charge in [-0.25, -0.2) is 8.42 Å². The molecule has 1 aromatic rings. The van der Waals surface area contributed by atoms with Crippen molar-refractivity contribution in [1.82, 2.24) is 0 Å². The molecule has 0 fully saturated rings. The maximum atomic E-state index is 11.8. The molecule has 0 atom stereocenters. The highest BCUT2D eigenvalue weighted by Crippen LogP contribution is 2.24. The van der Waals surface area contributed by atoms with Crippen LogP contribution in [0.1, 0.15) is 25.0 Å². The molecule has 0 spiro atoms. The number of hydrogen-bond acceptors (Lipinski definition) is 3. The number of nitrogen functional groups attached to an aromatic ring is 1. The largest absolute Gasteiger partial charge is 0.397 e. The predicted octanol–water partition coefficient (Wildman–Crippen LogP) is 2.28. The average molecular weight is 256 g/mol. The molecule has 3 N–H and O–H groups in total. The van der Waals surface area contributed by atoms with E-state index in [1.807, 2.05) is 27.7 Å². The molecule has 5 heteroatoms. The zero-order valence-corrected chi connectivity index (χ0v) is 11.6. The summed E-state index contributed by atoms with van der Waals surface area (Å²) in [6.07, 6.45) is 0. The van der Waals surface area contributed by atoms with Crippen molar-refractivity contribution in [3.05, 3.63) is 23.3 Å². The summed E-state index contributed by atoms with van der Waals surface area (Å²) >= 11 is 0. The van der Waals surface area contributed by atoms with Crippen molar-refractivity contribution in [2.75, 3.05) is 16.2 Å². The van der Waals surface area contributed by atoms with Crippen LogP contribution in [0.4, 0.5) is 11.4 Å². The minimum absolute atomic E-state index is 0.0836. The van der Waals surface area contributed by atoms with E-state index >= 15 is 0 Å². The van der Waals surface area contributed by atoms with Crippen LogP contribution in [0.3, 0.4) is 0 Å². The van der Waals surface area contributed by atoms with Crippen molar-refractivity contribution in [3.63, 3.8) is 0 Å². The van der Waals surface area contributed by atoms with Gasteiger partial charge in [0, 0.05) is 0 Å². The Morgan fingerprint density at radius 2 is 1.76 bits per heavy atom. The molecule has 0 unspecified atom stereocenters. The normalized spacial score (nSPS) is 11.8. The lowest BCUT2D eigenvalue weighted by atomic mass is 10.1. The minimum atomic E-state index is -3.32. The first-order chi connectivity index (χ1) is 7.71. The number of benzene rings is 1. The molecular weight excluding hydrogens is 236 g/mol. The number of nitrogens with two attached hydrogens (primary N) is 1. The molecule has 0 aliphatic rings. The Labute approximate surface area is 103 Å². The molecule has 0 heterocycles. The molecule has 0 aliphatic heterocycles. The van der Waals surface area contributed by atoms with Gasteiger partial charge in [-0.1, -0.05) is 13.8 Å². The zero-order chi connectivity index (χ0) is 13.2. The van der Waals surface area contributed by atoms with E-state index in [0.717, 1.165) is 11.1 Å². The molecule has 96 valence electrons. The summed E-state index contributed by atoms with van der Waals surface area (Å²) in [4.78, 5) is 0. The van der Waals surface area contributed by atoms with E-state index in [1.165, 1.54) is 0 Å². The number of rotatable bonds is 4. The Kier molecular flexibility index (Phi) is 4.03. The molecule has 17 heavy (non-hydrogen) atoms. The number of sulfonamides is 1. The van der Waals surface area contributed by atoms with E-state index in [1.54, 1.807) is 12.1 Å². The SMILES string of the molecule is Cc1cc(N)c(NS(=O)(=O)CC(C)C)cc1C. The summed E-state index contributed by atoms with van der Waals surface area (Å²) in [6.45, 7) is 7.60. The second-order valence-corrected chi connectivity index (χ2v) is 6.57. The van der Waals surface area contributed by atoms with E-state index in [9.17, 15) is 8.42 Å². The second kappa shape index (κ2) is 4.96. The topological polar surface area (TPSA) is 72.2 Å². The monoisotopic (exact) mass is 256 g/mol. The van der Waals surface area contributed by atoms with Gasteiger partial charge in [0.05, 0.1) is 17.1 Å². The molecule has 1 aromatic carbocycles. The summed E-state index contributed by atoms with van der Waals surface area (Å²) in [5.74, 6) is 0.180. The standard InChI is InChI=1S/C12H20N2O2S/c1-8(2)7-17(15,16)14-12-6-10(4)9(3)5-11(12)13/h5-6,8,14H,7,13H2,1-4H3. The third-order valence-corrected chi connectivity index (χ3v) is 4.12. The summed E-state index contributed by atoms with van der Waals surface area (Å²) in [7, 11) is -3.32. The Bertz CT molecular complexity index is 507. The highest BCUT2D eigenvalue weighted by atomic mass is 32.2. The molecular formula is C12H20N2O2S. The molecule has 4 nitrogen and oxygen atoms in total. The molecule has 0 amide bonds. The van der Waals surface area contributed by atoms with Crippen LogP contribution in [-0.2, 0) is 10.0 Å². The smallest absolute Gasteiger partial charge is 0.233 e. The van der Waals surface area contributed by atoms with Crippen LogP contribution in [0, 0.1) is 19.8 Å². The lowest BCUT2D eigenvalue weighted by Gasteiger charge is -2.13. The van der Waals surface area contributed by atoms with Gasteiger partial charge in [-0.05, 0) is 43.0 Å². The van der Waals surface area contributed by atoms with E-state index in [2.05, 4.69) is 4.72 Å². The van der Waals surface area contributed by atoms with Crippen LogP contribution in [0.5, 0.6) is 0 Å². The van der Waals surface area contributed by atoms with Crippen molar-refractivity contribution in [2.24, 2.45) is 5.92 Å². The third kappa shape index (κ3) is 3.93. The van der Waals surface area contributed by atoms with Crippen LogP contribution in [0.25, 0.3) is 0 Å². The molecule has 0 saturated carbocycles. The quantitative estimate of drug-likeness (QED) is 0.812. The van der Waals surface area contributed by atoms with Gasteiger partial charge >= 0.3 is 0 Å². The Hall–Kier alpha value is -1.23. The Morgan fingerprint density at radius 1 is 1.24 bits per heavy atom. The van der Waals surface area contributed by atoms with Crippen molar-refractivity contribution >= 4 is 21.4 Å². The van der Waals surface area contributed by atoms with E-state index < -0.39 is 10.0 Å². The summed E-state index contributed by atoms with van der Waals surface area (Å²) in [5, 5.41) is 0. The maximum absolute atomic E-state index is 11.8. The van der Waals surface area contributed by atoms with Crippen LogP contribution in [-0.4, -0.2) is 14.2 Å². The van der Waals surface area contributed by atoms with E-state index in [0.29, 0.717) is 11.4 Å². The van der Waals surface area contributed by atoms with Gasteiger partial charge in [0.15, 0.2) is 0 Å². The van der Waals surface area contributed by atoms with Gasteiger partial charge in [-0.15, -0.1) is 0 Å². The lowest BCUT2D eigenvalue weighted by molar-refractivity contribution is 0.587. The van der Waals surface area contributed by atoms with Crippen molar-refractivity contribution in [1.29, 1.82) is 0 Å². The number of anilines is 2. The van der Waals surface area contributed by atoms with Crippen molar-refractivity contribution < 1.29 is 8.42 Å². The minimum Gasteiger partial charge on any atom is -0.397 e. The second-order valence-electron chi connectivity index (χ2n) is 4.80. The predicted molar refractivity (Wildman–Crippen MR) is 72.6 cm³/mol. The number of hydrogen-bond donors (Lipinski definition) is 2. The first-order valence-corrected chi connectivity index (χ1v) is 7.23. The van der Waals surface area contributed by atoms with Crippen LogP contribution < -0.4 is 10.5 Å². The van der Waals surface area contributed by atoms with Crippen LogP contribution >= 0.6 is 0 Å². The lowest BCUT2D eigenvalue weighted by Crippen LogP contribution is -2.20. The van der Waals surface area contributed by atoms with Gasteiger partial charge in [-0.2, -0.15) is 0 Å². The maximum Gasteiger partial charge on any atom is 0.233 e. The first-order valence-electron chi connectivity index (χ1n) is 5.58. The fraction of sp³-hybridized carbons (Fsp3) is 0.500. The highest BCUT2D eigenvalue weighted by molar-refractivity contribution is 7.92. The van der Waals surface area contributed by atoms with Gasteiger partial charge in [-0.3, -0.25) is 4.72 Å². The van der Waals surface area contributed by atoms with E-state index in [-0.39, 0.29) is 11.7 Å². The first kappa shape index (κ1) is 13.8. The average Bonchev–Trinajstić information content (AvgIpc) is 2.11. The fourth-order valence-electron chi connectivity index (χ4n) is 1.57. The molecule has 0 radical (unpaired) electrons. The highest BCUT2D eigenvalue weighted by Gasteiger charge is 2.14. The Morgan fingerprint density at radius 3 is 2.29 bits per heavy atom. The van der Waals surface area contributed by atoms with E-state index in [4.69, 9.17) is 5.73 Å². The van der Waals surface area contributed by atoms with Crippen molar-refractivity contribution in [3.8, 4) is 0 Å². The molecule has 0 bridgehead atoms. The van der Waals surface area contributed by atoms with Gasteiger partial charge in [0.25, 0.3) is 0 Å². The van der Waals surface area contributed by atoms with Crippen LogP contribution in [0.15, 0.2) is 12.1 Å². The van der Waals surface area contributed by atoms with Gasteiger partial charge < -0.3 is 5.73 Å². The molecule has 0 aromatic heterocycles. The van der Waals surface area contributed by atoms with Crippen molar-refractivity contribution in [2.45, 2.75) is 27.7 Å². The summed E-state index contributed by atoms with van der Waals surface area (Å²) in [6, 6.07) is 3.55. The summed E-state index contributed by atoms with van der Waals surface area (Å²) in [5.41, 5.74) is 8.79. The number of nitrogens with one attached hydrogen (secondary N) is 1. The fourth-order valence-corrected chi connectivity index (χ4v) is 3.05. The molecule has 1 rings (SSSR count). The summed E-state index contributed by atoms with van der Waals surface area (Å²) < 4.78 is 26.1. The zero-order valence-electron chi connectivity index (χ0n) is 10.7. The van der Waals surface area contributed by atoms with Gasteiger partial charge in [0.2, 0.25) is 10.0 Å². The third-order valence-electron chi connectivity index (χ3n) is 2.48. The Balaban J connectivity index is 3.00. The van der Waals surface area contributed by atoms with Crippen LogP contribution in [0.2, 0.25) is 0 Å². The molecule has 0 saturated heterocycles. The number of aryl methyl sites for hydroxylation is 2. The molecule has 0 aliphatic carbocycles.